The van der Waals surface area contributed by atoms with Gasteiger partial charge in [-0.05, 0) is 51.1 Å². The highest BCUT2D eigenvalue weighted by atomic mass is 32.1. The molecule has 0 radical (unpaired) electrons. The van der Waals surface area contributed by atoms with Crippen molar-refractivity contribution < 1.29 is 0 Å². The van der Waals surface area contributed by atoms with E-state index in [4.69, 9.17) is 0 Å². The minimum absolute atomic E-state index is 0.658. The lowest BCUT2D eigenvalue weighted by Gasteiger charge is -2.13. The molecule has 0 fully saturated rings. The van der Waals surface area contributed by atoms with Crippen molar-refractivity contribution >= 4 is 31.8 Å². The van der Waals surface area contributed by atoms with Crippen molar-refractivity contribution in [1.29, 1.82) is 0 Å². The van der Waals surface area contributed by atoms with Crippen LogP contribution in [0.25, 0.3) is 22.3 Å². The molecule has 0 spiro atoms. The summed E-state index contributed by atoms with van der Waals surface area (Å²) in [5.41, 5.74) is 5.00. The minimum atomic E-state index is 0.658. The maximum absolute atomic E-state index is 4.41. The maximum Gasteiger partial charge on any atom is 0.00404 e. The molecule has 1 atom stereocenters. The Kier molecular flexibility index (Phi) is 5.20. The molecule has 0 saturated heterocycles. The molecular formula is C24H19PS. The number of benzene rings is 4. The standard InChI is InChI=1S/C24H19PS/c26-22-14-11-19(12-15-22)23-16-13-21(25-20-9-5-2-6-10-20)17-24(23)18-7-3-1-4-8-18/h1-17,25-26H. The Morgan fingerprint density at radius 2 is 1.12 bits per heavy atom. The molecule has 0 N–H and O–H groups in total. The number of rotatable bonds is 4. The van der Waals surface area contributed by atoms with E-state index >= 15 is 0 Å². The van der Waals surface area contributed by atoms with E-state index in [1.54, 1.807) is 0 Å². The Hall–Kier alpha value is -2.34. The van der Waals surface area contributed by atoms with Gasteiger partial charge in [0.2, 0.25) is 0 Å². The average molecular weight is 370 g/mol. The van der Waals surface area contributed by atoms with Gasteiger partial charge < -0.3 is 0 Å². The van der Waals surface area contributed by atoms with Crippen molar-refractivity contribution in [3.8, 4) is 22.3 Å². The molecule has 4 aromatic rings. The molecule has 1 unspecified atom stereocenters. The van der Waals surface area contributed by atoms with E-state index < -0.39 is 0 Å². The fourth-order valence-electron chi connectivity index (χ4n) is 3.06. The summed E-state index contributed by atoms with van der Waals surface area (Å²) in [6, 6.07) is 36.5. The lowest BCUT2D eigenvalue weighted by molar-refractivity contribution is 1.47. The monoisotopic (exact) mass is 370 g/mol. The summed E-state index contributed by atoms with van der Waals surface area (Å²) in [5.74, 6) is 0. The molecule has 0 amide bonds. The van der Waals surface area contributed by atoms with Crippen LogP contribution in [0.15, 0.2) is 108 Å². The van der Waals surface area contributed by atoms with Gasteiger partial charge >= 0.3 is 0 Å². The normalized spacial score (nSPS) is 11.1. The van der Waals surface area contributed by atoms with Crippen molar-refractivity contribution in [2.45, 2.75) is 4.90 Å². The second-order valence-electron chi connectivity index (χ2n) is 6.16. The van der Waals surface area contributed by atoms with Crippen LogP contribution in [0.2, 0.25) is 0 Å². The van der Waals surface area contributed by atoms with Crippen LogP contribution in [0, 0.1) is 0 Å². The quantitative estimate of drug-likeness (QED) is 0.334. The molecule has 2 heteroatoms. The molecule has 0 nitrogen and oxygen atoms in total. The van der Waals surface area contributed by atoms with Crippen molar-refractivity contribution in [1.82, 2.24) is 0 Å². The van der Waals surface area contributed by atoms with E-state index in [1.807, 2.05) is 12.1 Å². The van der Waals surface area contributed by atoms with Gasteiger partial charge in [0.1, 0.15) is 0 Å². The Balaban J connectivity index is 1.80. The molecule has 0 heterocycles. The van der Waals surface area contributed by atoms with Crippen LogP contribution in [-0.4, -0.2) is 0 Å². The smallest absolute Gasteiger partial charge is 0.00404 e. The zero-order valence-corrected chi connectivity index (χ0v) is 16.2. The number of hydrogen-bond donors (Lipinski definition) is 1. The summed E-state index contributed by atoms with van der Waals surface area (Å²) in [5, 5.41) is 2.71. The third-order valence-corrected chi connectivity index (χ3v) is 5.86. The number of thiol groups is 1. The van der Waals surface area contributed by atoms with Crippen LogP contribution in [-0.2, 0) is 0 Å². The first-order valence-corrected chi connectivity index (χ1v) is 10.1. The molecule has 4 rings (SSSR count). The zero-order chi connectivity index (χ0) is 17.8. The summed E-state index contributed by atoms with van der Waals surface area (Å²) >= 11 is 4.41. The molecule has 0 aliphatic carbocycles. The van der Waals surface area contributed by atoms with Gasteiger partial charge in [-0.3, -0.25) is 0 Å². The zero-order valence-electron chi connectivity index (χ0n) is 14.3. The van der Waals surface area contributed by atoms with E-state index in [0.717, 1.165) is 4.90 Å². The van der Waals surface area contributed by atoms with E-state index in [9.17, 15) is 0 Å². The van der Waals surface area contributed by atoms with Crippen LogP contribution < -0.4 is 10.6 Å². The lowest BCUT2D eigenvalue weighted by Crippen LogP contribution is -2.03. The van der Waals surface area contributed by atoms with Crippen molar-refractivity contribution in [2.75, 3.05) is 0 Å². The first kappa shape index (κ1) is 17.1. The molecule has 4 aromatic carbocycles. The first-order chi connectivity index (χ1) is 12.8. The summed E-state index contributed by atoms with van der Waals surface area (Å²) < 4.78 is 0. The molecule has 126 valence electrons. The second-order valence-corrected chi connectivity index (χ2v) is 8.09. The largest absolute Gasteiger partial charge is 0.143 e. The van der Waals surface area contributed by atoms with Crippen LogP contribution in [0.4, 0.5) is 0 Å². The Morgan fingerprint density at radius 3 is 1.81 bits per heavy atom. The molecule has 0 aliphatic heterocycles. The highest BCUT2D eigenvalue weighted by molar-refractivity contribution is 7.80. The molecule has 0 bridgehead atoms. The van der Waals surface area contributed by atoms with Gasteiger partial charge in [-0.2, -0.15) is 0 Å². The van der Waals surface area contributed by atoms with E-state index in [2.05, 4.69) is 104 Å². The van der Waals surface area contributed by atoms with Crippen LogP contribution in [0.5, 0.6) is 0 Å². The third kappa shape index (κ3) is 3.90. The Labute approximate surface area is 162 Å². The molecular weight excluding hydrogens is 351 g/mol. The second kappa shape index (κ2) is 7.91. The lowest BCUT2D eigenvalue weighted by atomic mass is 9.95. The van der Waals surface area contributed by atoms with Gasteiger partial charge in [-0.1, -0.05) is 93.5 Å². The van der Waals surface area contributed by atoms with Gasteiger partial charge in [0.15, 0.2) is 0 Å². The Morgan fingerprint density at radius 1 is 0.500 bits per heavy atom. The van der Waals surface area contributed by atoms with Crippen molar-refractivity contribution in [3.63, 3.8) is 0 Å². The van der Waals surface area contributed by atoms with Crippen LogP contribution >= 0.6 is 21.2 Å². The molecule has 26 heavy (non-hydrogen) atoms. The molecule has 0 saturated carbocycles. The van der Waals surface area contributed by atoms with Gasteiger partial charge in [0.05, 0.1) is 0 Å². The summed E-state index contributed by atoms with van der Waals surface area (Å²) in [7, 11) is 0.658. The summed E-state index contributed by atoms with van der Waals surface area (Å²) in [6.07, 6.45) is 0. The fourth-order valence-corrected chi connectivity index (χ4v) is 4.28. The SMILES string of the molecule is Sc1ccc(-c2ccc(Pc3ccccc3)cc2-c2ccccc2)cc1. The predicted octanol–water partition coefficient (Wildman–Crippen LogP) is 5.94. The van der Waals surface area contributed by atoms with Gasteiger partial charge in [0, 0.05) is 4.90 Å². The Bertz CT molecular complexity index is 993. The first-order valence-electron chi connectivity index (χ1n) is 8.60. The van der Waals surface area contributed by atoms with Crippen LogP contribution in [0.1, 0.15) is 0 Å². The highest BCUT2D eigenvalue weighted by Gasteiger charge is 2.09. The van der Waals surface area contributed by atoms with E-state index in [-0.39, 0.29) is 0 Å². The van der Waals surface area contributed by atoms with E-state index in [1.165, 1.54) is 32.9 Å². The highest BCUT2D eigenvalue weighted by Crippen LogP contribution is 2.33. The molecule has 0 aliphatic rings. The van der Waals surface area contributed by atoms with Gasteiger partial charge in [0.25, 0.3) is 0 Å². The average Bonchev–Trinajstić information content (AvgIpc) is 2.70. The molecule has 0 aromatic heterocycles. The predicted molar refractivity (Wildman–Crippen MR) is 119 cm³/mol. The third-order valence-electron chi connectivity index (χ3n) is 4.35. The summed E-state index contributed by atoms with van der Waals surface area (Å²) in [4.78, 5) is 0.984. The topological polar surface area (TPSA) is 0 Å². The van der Waals surface area contributed by atoms with Crippen molar-refractivity contribution in [2.24, 2.45) is 0 Å². The van der Waals surface area contributed by atoms with Crippen LogP contribution in [0.3, 0.4) is 0 Å². The maximum atomic E-state index is 4.41. The minimum Gasteiger partial charge on any atom is -0.143 e. The fraction of sp³-hybridized carbons (Fsp3) is 0. The van der Waals surface area contributed by atoms with E-state index in [0.29, 0.717) is 8.58 Å². The van der Waals surface area contributed by atoms with Crippen molar-refractivity contribution in [3.05, 3.63) is 103 Å². The van der Waals surface area contributed by atoms with Gasteiger partial charge in [-0.15, -0.1) is 12.6 Å². The van der Waals surface area contributed by atoms with Gasteiger partial charge in [-0.25, -0.2) is 0 Å². The summed E-state index contributed by atoms with van der Waals surface area (Å²) in [6.45, 7) is 0. The number of hydrogen-bond acceptors (Lipinski definition) is 1.